The monoisotopic (exact) mass is 242 g/mol. The number of esters is 1. The van der Waals surface area contributed by atoms with Crippen molar-refractivity contribution in [2.24, 2.45) is 22.7 Å². The molecule has 1 aliphatic heterocycles. The number of rotatable bonds is 3. The first-order chi connectivity index (χ1) is 7.97. The molecule has 0 amide bonds. The van der Waals surface area contributed by atoms with E-state index < -0.39 is 12.3 Å². The minimum Gasteiger partial charge on any atom is -0.434 e. The summed E-state index contributed by atoms with van der Waals surface area (Å²) in [4.78, 5) is 13.6. The first-order valence-electron chi connectivity index (χ1n) is 5.56. The lowest BCUT2D eigenvalue weighted by Crippen LogP contribution is -2.55. The number of hydrogen-bond donors (Lipinski definition) is 1. The number of carbonyl (C=O) groups is 1. The van der Waals surface area contributed by atoms with Gasteiger partial charge < -0.3 is 15.2 Å². The molecule has 5 atom stereocenters. The van der Waals surface area contributed by atoms with Crippen LogP contribution in [0.5, 0.6) is 0 Å². The Kier molecular flexibility index (Phi) is 4.74. The molecule has 0 aromatic rings. The summed E-state index contributed by atoms with van der Waals surface area (Å²) < 4.78 is 10.6. The summed E-state index contributed by atoms with van der Waals surface area (Å²) in [5.74, 6) is -0.177. The van der Waals surface area contributed by atoms with E-state index in [0.29, 0.717) is 0 Å². The van der Waals surface area contributed by atoms with Crippen LogP contribution in [0.15, 0.2) is 5.11 Å². The Morgan fingerprint density at radius 1 is 1.53 bits per heavy atom. The lowest BCUT2D eigenvalue weighted by Gasteiger charge is -2.42. The topological polar surface area (TPSA) is 110 Å². The van der Waals surface area contributed by atoms with Crippen LogP contribution in [0.25, 0.3) is 10.4 Å². The van der Waals surface area contributed by atoms with Crippen LogP contribution in [0.3, 0.4) is 0 Å². The third-order valence-electron chi connectivity index (χ3n) is 3.25. The Labute approximate surface area is 99.9 Å². The van der Waals surface area contributed by atoms with E-state index in [1.54, 1.807) is 0 Å². The van der Waals surface area contributed by atoms with Gasteiger partial charge in [-0.15, -0.1) is 0 Å². The summed E-state index contributed by atoms with van der Waals surface area (Å²) in [5, 5.41) is 3.49. The minimum absolute atomic E-state index is 0.118. The van der Waals surface area contributed by atoms with Crippen molar-refractivity contribution in [3.63, 3.8) is 0 Å². The van der Waals surface area contributed by atoms with Crippen molar-refractivity contribution >= 4 is 5.97 Å². The second kappa shape index (κ2) is 5.86. The third-order valence-corrected chi connectivity index (χ3v) is 3.25. The van der Waals surface area contributed by atoms with Crippen LogP contribution in [0, 0.1) is 11.8 Å². The lowest BCUT2D eigenvalue weighted by atomic mass is 9.82. The molecule has 0 aromatic carbocycles. The average Bonchev–Trinajstić information content (AvgIpc) is 2.28. The third kappa shape index (κ3) is 3.33. The van der Waals surface area contributed by atoms with Crippen LogP contribution in [0.2, 0.25) is 0 Å². The van der Waals surface area contributed by atoms with Crippen LogP contribution >= 0.6 is 0 Å². The lowest BCUT2D eigenvalue weighted by molar-refractivity contribution is -0.224. The summed E-state index contributed by atoms with van der Waals surface area (Å²) in [7, 11) is 0. The maximum Gasteiger partial charge on any atom is 0.304 e. The summed E-state index contributed by atoms with van der Waals surface area (Å²) in [6, 6.07) is -0.365. The van der Waals surface area contributed by atoms with Crippen LogP contribution in [0.1, 0.15) is 20.8 Å². The largest absolute Gasteiger partial charge is 0.434 e. The molecular formula is C10H18N4O3. The number of nitrogens with two attached hydrogens (primary N) is 1. The predicted molar refractivity (Wildman–Crippen MR) is 60.7 cm³/mol. The van der Waals surface area contributed by atoms with Crippen molar-refractivity contribution < 1.29 is 14.3 Å². The molecule has 0 bridgehead atoms. The zero-order chi connectivity index (χ0) is 13.0. The van der Waals surface area contributed by atoms with E-state index in [-0.39, 0.29) is 30.5 Å². The SMILES string of the molecule is CC(=O)O[C@@H]1OC(CN=[N+]=[N-])[C@@H](C)[C@H](C)C1N. The Bertz CT molecular complexity index is 314. The molecular weight excluding hydrogens is 224 g/mol. The fourth-order valence-corrected chi connectivity index (χ4v) is 1.92. The number of carbonyl (C=O) groups excluding carboxylic acids is 1. The zero-order valence-corrected chi connectivity index (χ0v) is 10.2. The Morgan fingerprint density at radius 2 is 2.18 bits per heavy atom. The second-order valence-corrected chi connectivity index (χ2v) is 4.36. The molecule has 7 heteroatoms. The quantitative estimate of drug-likeness (QED) is 0.346. The van der Waals surface area contributed by atoms with Gasteiger partial charge in [-0.1, -0.05) is 19.0 Å². The van der Waals surface area contributed by atoms with Crippen LogP contribution in [-0.4, -0.2) is 30.9 Å². The van der Waals surface area contributed by atoms with Crippen LogP contribution < -0.4 is 5.73 Å². The van der Waals surface area contributed by atoms with Gasteiger partial charge in [0.2, 0.25) is 6.29 Å². The van der Waals surface area contributed by atoms with Crippen molar-refractivity contribution in [1.82, 2.24) is 0 Å². The highest BCUT2D eigenvalue weighted by atomic mass is 16.7. The number of ether oxygens (including phenoxy) is 2. The molecule has 0 radical (unpaired) electrons. The maximum atomic E-state index is 10.9. The molecule has 7 nitrogen and oxygen atoms in total. The van der Waals surface area contributed by atoms with Gasteiger partial charge in [-0.2, -0.15) is 0 Å². The summed E-state index contributed by atoms with van der Waals surface area (Å²) >= 11 is 0. The molecule has 0 spiro atoms. The van der Waals surface area contributed by atoms with Gasteiger partial charge in [0, 0.05) is 11.8 Å². The summed E-state index contributed by atoms with van der Waals surface area (Å²) in [6.07, 6.45) is -1.04. The predicted octanol–water partition coefficient (Wildman–Crippen LogP) is 1.18. The summed E-state index contributed by atoms with van der Waals surface area (Å²) in [6.45, 7) is 5.47. The molecule has 2 unspecified atom stereocenters. The molecule has 1 rings (SSSR count). The van der Waals surface area contributed by atoms with Gasteiger partial charge in [0.05, 0.1) is 18.7 Å². The molecule has 96 valence electrons. The van der Waals surface area contributed by atoms with Gasteiger partial charge in [-0.05, 0) is 17.4 Å². The highest BCUT2D eigenvalue weighted by molar-refractivity contribution is 5.66. The van der Waals surface area contributed by atoms with Gasteiger partial charge in [0.25, 0.3) is 0 Å². The second-order valence-electron chi connectivity index (χ2n) is 4.36. The van der Waals surface area contributed by atoms with E-state index in [9.17, 15) is 4.79 Å². The average molecular weight is 242 g/mol. The molecule has 0 saturated carbocycles. The van der Waals surface area contributed by atoms with E-state index in [4.69, 9.17) is 20.7 Å². The molecule has 17 heavy (non-hydrogen) atoms. The first-order valence-corrected chi connectivity index (χ1v) is 5.56. The molecule has 0 aromatic heterocycles. The van der Waals surface area contributed by atoms with E-state index in [1.807, 2.05) is 13.8 Å². The van der Waals surface area contributed by atoms with Crippen LogP contribution in [-0.2, 0) is 14.3 Å². The number of hydrogen-bond acceptors (Lipinski definition) is 5. The van der Waals surface area contributed by atoms with Gasteiger partial charge in [-0.25, -0.2) is 0 Å². The maximum absolute atomic E-state index is 10.9. The van der Waals surface area contributed by atoms with Gasteiger partial charge in [-0.3, -0.25) is 4.79 Å². The Hall–Kier alpha value is -1.30. The minimum atomic E-state index is -0.766. The molecule has 1 aliphatic rings. The van der Waals surface area contributed by atoms with E-state index in [0.717, 1.165) is 0 Å². The smallest absolute Gasteiger partial charge is 0.304 e. The van der Waals surface area contributed by atoms with Crippen molar-refractivity contribution in [2.45, 2.75) is 39.2 Å². The molecule has 1 saturated heterocycles. The fraction of sp³-hybridized carbons (Fsp3) is 0.900. The van der Waals surface area contributed by atoms with Crippen molar-refractivity contribution in [1.29, 1.82) is 0 Å². The van der Waals surface area contributed by atoms with Crippen molar-refractivity contribution in [3.05, 3.63) is 10.4 Å². The van der Waals surface area contributed by atoms with Crippen LogP contribution in [0.4, 0.5) is 0 Å². The van der Waals surface area contributed by atoms with E-state index in [2.05, 4.69) is 10.0 Å². The number of nitrogens with zero attached hydrogens (tertiary/aromatic N) is 3. The normalized spacial score (nSPS) is 37.1. The highest BCUT2D eigenvalue weighted by Gasteiger charge is 2.40. The highest BCUT2D eigenvalue weighted by Crippen LogP contribution is 2.30. The van der Waals surface area contributed by atoms with E-state index in [1.165, 1.54) is 6.92 Å². The standard InChI is InChI=1S/C10H18N4O3/c1-5-6(2)9(11)10(16-7(3)15)17-8(5)4-13-14-12/h5-6,8-10H,4,11H2,1-3H3/t5-,6-,8?,9?,10+/m0/s1. The van der Waals surface area contributed by atoms with Gasteiger partial charge in [0.1, 0.15) is 0 Å². The van der Waals surface area contributed by atoms with Crippen molar-refractivity contribution in [2.75, 3.05) is 6.54 Å². The molecule has 2 N–H and O–H groups in total. The summed E-state index contributed by atoms with van der Waals surface area (Å²) in [5.41, 5.74) is 14.3. The van der Waals surface area contributed by atoms with E-state index >= 15 is 0 Å². The molecule has 1 heterocycles. The zero-order valence-electron chi connectivity index (χ0n) is 10.2. The Balaban J connectivity index is 2.74. The molecule has 0 aliphatic carbocycles. The van der Waals surface area contributed by atoms with Gasteiger partial charge >= 0.3 is 5.97 Å². The van der Waals surface area contributed by atoms with Gasteiger partial charge in [0.15, 0.2) is 0 Å². The Morgan fingerprint density at radius 3 is 2.71 bits per heavy atom. The first kappa shape index (κ1) is 13.8. The number of azide groups is 1. The van der Waals surface area contributed by atoms with Crippen molar-refractivity contribution in [3.8, 4) is 0 Å². The fourth-order valence-electron chi connectivity index (χ4n) is 1.92. The molecule has 1 fully saturated rings.